The van der Waals surface area contributed by atoms with Gasteiger partial charge in [-0.15, -0.1) is 0 Å². The van der Waals surface area contributed by atoms with Crippen LogP contribution in [0.5, 0.6) is 5.75 Å². The van der Waals surface area contributed by atoms with Crippen molar-refractivity contribution >= 4 is 0 Å². The van der Waals surface area contributed by atoms with Crippen molar-refractivity contribution < 1.29 is 4.74 Å². The van der Waals surface area contributed by atoms with Crippen LogP contribution in [0, 0.1) is 0 Å². The van der Waals surface area contributed by atoms with E-state index < -0.39 is 0 Å². The minimum atomic E-state index is -0.0326. The van der Waals surface area contributed by atoms with Crippen LogP contribution in [0.15, 0.2) is 42.7 Å². The highest BCUT2D eigenvalue weighted by Crippen LogP contribution is 2.55. The number of hydrogen-bond acceptors (Lipinski definition) is 2. The fourth-order valence-electron chi connectivity index (χ4n) is 4.31. The first-order chi connectivity index (χ1) is 11.9. The highest BCUT2D eigenvalue weighted by molar-refractivity contribution is 5.83. The zero-order chi connectivity index (χ0) is 17.4. The molecule has 0 saturated heterocycles. The lowest BCUT2D eigenvalue weighted by molar-refractivity contribution is 0.288. The largest absolute Gasteiger partial charge is 0.488 e. The summed E-state index contributed by atoms with van der Waals surface area (Å²) in [5.41, 5.74) is 8.48. The smallest absolute Gasteiger partial charge is 0.128 e. The Hall–Kier alpha value is -2.55. The Morgan fingerprint density at radius 2 is 1.76 bits per heavy atom. The molecule has 0 saturated carbocycles. The maximum absolute atomic E-state index is 6.09. The molecule has 0 amide bonds. The number of imidazole rings is 1. The second-order valence-electron chi connectivity index (χ2n) is 8.22. The van der Waals surface area contributed by atoms with Gasteiger partial charge in [0.1, 0.15) is 12.4 Å². The maximum atomic E-state index is 6.09. The molecule has 0 fully saturated rings. The number of ether oxygens (including phenoxy) is 1. The van der Waals surface area contributed by atoms with E-state index in [9.17, 15) is 0 Å². The van der Waals surface area contributed by atoms with E-state index in [4.69, 9.17) is 4.74 Å². The summed E-state index contributed by atoms with van der Waals surface area (Å²) in [7, 11) is 0. The Labute approximate surface area is 148 Å². The summed E-state index contributed by atoms with van der Waals surface area (Å²) in [4.78, 5) is 8.03. The van der Waals surface area contributed by atoms with Gasteiger partial charge in [0.2, 0.25) is 0 Å². The molecule has 1 aromatic heterocycles. The first kappa shape index (κ1) is 14.8. The standard InChI is InChI=1S/C22H22N2O/c1-21(2)17-9-15-14-8-6-5-7-13(14)11-25-18(15)10-16(17)19-20(22(21,3)4)24-12-23-19/h5-10,12H,11H2,1-4H3,(H,23,24). The van der Waals surface area contributed by atoms with Gasteiger partial charge in [-0.2, -0.15) is 0 Å². The molecule has 126 valence electrons. The monoisotopic (exact) mass is 330 g/mol. The van der Waals surface area contributed by atoms with Crippen molar-refractivity contribution in [3.63, 3.8) is 0 Å². The highest BCUT2D eigenvalue weighted by atomic mass is 16.5. The lowest BCUT2D eigenvalue weighted by Crippen LogP contribution is -2.43. The van der Waals surface area contributed by atoms with Gasteiger partial charge in [0, 0.05) is 27.7 Å². The van der Waals surface area contributed by atoms with E-state index in [1.54, 1.807) is 0 Å². The van der Waals surface area contributed by atoms with Crippen molar-refractivity contribution in [1.29, 1.82) is 0 Å². The summed E-state index contributed by atoms with van der Waals surface area (Å²) in [5, 5.41) is 0. The number of rotatable bonds is 0. The van der Waals surface area contributed by atoms with Crippen molar-refractivity contribution in [2.24, 2.45) is 0 Å². The maximum Gasteiger partial charge on any atom is 0.128 e. The minimum absolute atomic E-state index is 0.0245. The first-order valence-electron chi connectivity index (χ1n) is 8.85. The van der Waals surface area contributed by atoms with E-state index in [0.29, 0.717) is 6.61 Å². The molecule has 0 spiro atoms. The van der Waals surface area contributed by atoms with Crippen LogP contribution in [-0.2, 0) is 17.4 Å². The second-order valence-corrected chi connectivity index (χ2v) is 8.22. The van der Waals surface area contributed by atoms with Crippen LogP contribution >= 0.6 is 0 Å². The third-order valence-corrected chi connectivity index (χ3v) is 6.57. The summed E-state index contributed by atoms with van der Waals surface area (Å²) in [6.07, 6.45) is 1.81. The molecular weight excluding hydrogens is 308 g/mol. The van der Waals surface area contributed by atoms with Gasteiger partial charge in [0.05, 0.1) is 12.0 Å². The van der Waals surface area contributed by atoms with Crippen LogP contribution in [0.25, 0.3) is 22.4 Å². The number of hydrogen-bond donors (Lipinski definition) is 1. The minimum Gasteiger partial charge on any atom is -0.488 e. The fourth-order valence-corrected chi connectivity index (χ4v) is 4.31. The number of aromatic amines is 1. The molecule has 1 aliphatic heterocycles. The van der Waals surface area contributed by atoms with Crippen LogP contribution < -0.4 is 4.74 Å². The van der Waals surface area contributed by atoms with Crippen LogP contribution in [-0.4, -0.2) is 9.97 Å². The number of nitrogens with one attached hydrogen (secondary N) is 1. The van der Waals surface area contributed by atoms with Gasteiger partial charge in [0.25, 0.3) is 0 Å². The number of benzene rings is 2. The number of aromatic nitrogens is 2. The summed E-state index contributed by atoms with van der Waals surface area (Å²) in [6.45, 7) is 9.90. The Morgan fingerprint density at radius 3 is 2.60 bits per heavy atom. The molecule has 1 aliphatic carbocycles. The summed E-state index contributed by atoms with van der Waals surface area (Å²) >= 11 is 0. The molecule has 0 radical (unpaired) electrons. The van der Waals surface area contributed by atoms with E-state index in [1.165, 1.54) is 33.5 Å². The van der Waals surface area contributed by atoms with Crippen molar-refractivity contribution in [3.05, 3.63) is 59.5 Å². The number of nitrogens with zero attached hydrogens (tertiary/aromatic N) is 1. The molecule has 3 nitrogen and oxygen atoms in total. The molecule has 3 aromatic rings. The molecule has 0 bridgehead atoms. The average molecular weight is 330 g/mol. The molecule has 1 N–H and O–H groups in total. The van der Waals surface area contributed by atoms with Gasteiger partial charge in [-0.25, -0.2) is 4.98 Å². The van der Waals surface area contributed by atoms with Crippen LogP contribution in [0.3, 0.4) is 0 Å². The highest BCUT2D eigenvalue weighted by Gasteiger charge is 2.48. The zero-order valence-electron chi connectivity index (χ0n) is 15.1. The van der Waals surface area contributed by atoms with Gasteiger partial charge >= 0.3 is 0 Å². The predicted molar refractivity (Wildman–Crippen MR) is 99.8 cm³/mol. The van der Waals surface area contributed by atoms with Gasteiger partial charge in [0.15, 0.2) is 0 Å². The Bertz CT molecular complexity index is 1010. The first-order valence-corrected chi connectivity index (χ1v) is 8.85. The third kappa shape index (κ3) is 1.73. The number of H-pyrrole nitrogens is 1. The van der Waals surface area contributed by atoms with Gasteiger partial charge in [-0.05, 0) is 28.8 Å². The van der Waals surface area contributed by atoms with Crippen molar-refractivity contribution in [1.82, 2.24) is 9.97 Å². The predicted octanol–water partition coefficient (Wildman–Crippen LogP) is 5.20. The van der Waals surface area contributed by atoms with Gasteiger partial charge in [-0.1, -0.05) is 52.0 Å². The Balaban J connectivity index is 1.85. The molecule has 2 aromatic carbocycles. The Kier molecular flexibility index (Phi) is 2.68. The molecule has 25 heavy (non-hydrogen) atoms. The Morgan fingerprint density at radius 1 is 0.960 bits per heavy atom. The van der Waals surface area contributed by atoms with E-state index >= 15 is 0 Å². The molecule has 5 rings (SSSR count). The summed E-state index contributed by atoms with van der Waals surface area (Å²) < 4.78 is 6.09. The lowest BCUT2D eigenvalue weighted by atomic mass is 9.57. The quantitative estimate of drug-likeness (QED) is 0.615. The van der Waals surface area contributed by atoms with E-state index in [1.807, 2.05) is 6.33 Å². The van der Waals surface area contributed by atoms with Crippen molar-refractivity contribution in [2.45, 2.75) is 45.1 Å². The lowest BCUT2D eigenvalue weighted by Gasteiger charge is -2.46. The van der Waals surface area contributed by atoms with Crippen molar-refractivity contribution in [3.8, 4) is 28.1 Å². The fraction of sp³-hybridized carbons (Fsp3) is 0.318. The topological polar surface area (TPSA) is 37.9 Å². The van der Waals surface area contributed by atoms with E-state index in [0.717, 1.165) is 11.4 Å². The van der Waals surface area contributed by atoms with E-state index in [-0.39, 0.29) is 10.8 Å². The summed E-state index contributed by atoms with van der Waals surface area (Å²) in [6, 6.07) is 13.1. The third-order valence-electron chi connectivity index (χ3n) is 6.57. The molecule has 0 unspecified atom stereocenters. The molecule has 2 aliphatic rings. The SMILES string of the molecule is CC1(C)c2cc3c(cc2-c2nc[nH]c2C1(C)C)OCc1ccccc1-3. The normalized spacial score (nSPS) is 18.4. The second kappa shape index (κ2) is 4.54. The summed E-state index contributed by atoms with van der Waals surface area (Å²) in [5.74, 6) is 0.960. The van der Waals surface area contributed by atoms with Crippen molar-refractivity contribution in [2.75, 3.05) is 0 Å². The van der Waals surface area contributed by atoms with Crippen LogP contribution in [0.1, 0.15) is 44.5 Å². The molecule has 0 atom stereocenters. The van der Waals surface area contributed by atoms with Crippen LogP contribution in [0.4, 0.5) is 0 Å². The van der Waals surface area contributed by atoms with Gasteiger partial charge < -0.3 is 9.72 Å². The average Bonchev–Trinajstić information content (AvgIpc) is 3.10. The van der Waals surface area contributed by atoms with E-state index in [2.05, 4.69) is 74.1 Å². The van der Waals surface area contributed by atoms with Gasteiger partial charge in [-0.3, -0.25) is 0 Å². The van der Waals surface area contributed by atoms with Crippen LogP contribution in [0.2, 0.25) is 0 Å². The molecule has 2 heterocycles. The zero-order valence-corrected chi connectivity index (χ0v) is 15.1. The number of fused-ring (bicyclic) bond motifs is 6. The molecular formula is C22H22N2O. The molecule has 3 heteroatoms.